The number of fused-ring (bicyclic) bond motifs is 3. The third-order valence-electron chi connectivity index (χ3n) is 6.56. The Morgan fingerprint density at radius 2 is 1.91 bits per heavy atom. The fourth-order valence-corrected chi connectivity index (χ4v) is 4.94. The van der Waals surface area contributed by atoms with Gasteiger partial charge >= 0.3 is 6.03 Å². The number of imide groups is 1. The van der Waals surface area contributed by atoms with Crippen LogP contribution >= 0.6 is 0 Å². The van der Waals surface area contributed by atoms with Crippen LogP contribution in [0.2, 0.25) is 0 Å². The molecule has 0 aromatic heterocycles. The number of ether oxygens (including phenoxy) is 1. The van der Waals surface area contributed by atoms with Gasteiger partial charge in [-0.3, -0.25) is 19.3 Å². The molecule has 5 rings (SSSR count). The Morgan fingerprint density at radius 3 is 2.73 bits per heavy atom. The van der Waals surface area contributed by atoms with Gasteiger partial charge in [-0.1, -0.05) is 36.4 Å². The Labute approximate surface area is 190 Å². The predicted molar refractivity (Wildman–Crippen MR) is 119 cm³/mol. The number of hydrogen-bond acceptors (Lipinski definition) is 5. The molecule has 9 heteroatoms. The van der Waals surface area contributed by atoms with Gasteiger partial charge in [-0.25, -0.2) is 4.79 Å². The highest BCUT2D eigenvalue weighted by molar-refractivity contribution is 6.11. The molecule has 1 saturated heterocycles. The number of rotatable bonds is 3. The summed E-state index contributed by atoms with van der Waals surface area (Å²) in [6.45, 7) is -0.448. The Bertz CT molecular complexity index is 1170. The zero-order valence-electron chi connectivity index (χ0n) is 18.2. The van der Waals surface area contributed by atoms with Gasteiger partial charge in [0.1, 0.15) is 17.8 Å². The number of benzene rings is 2. The van der Waals surface area contributed by atoms with E-state index in [0.717, 1.165) is 28.9 Å². The number of amides is 5. The molecule has 2 atom stereocenters. The van der Waals surface area contributed by atoms with Crippen LogP contribution in [0.15, 0.2) is 48.5 Å². The maximum absolute atomic E-state index is 13.5. The van der Waals surface area contributed by atoms with E-state index in [1.807, 2.05) is 24.3 Å². The molecule has 2 heterocycles. The topological polar surface area (TPSA) is 108 Å². The molecule has 9 nitrogen and oxygen atoms in total. The zero-order chi connectivity index (χ0) is 23.2. The molecule has 0 radical (unpaired) electrons. The van der Waals surface area contributed by atoms with Gasteiger partial charge in [-0.15, -0.1) is 0 Å². The summed E-state index contributed by atoms with van der Waals surface area (Å²) in [4.78, 5) is 54.3. The second-order valence-electron chi connectivity index (χ2n) is 8.43. The average molecular weight is 448 g/mol. The van der Waals surface area contributed by atoms with Crippen LogP contribution in [-0.2, 0) is 26.3 Å². The number of carbonyl (C=O) groups excluding carboxylic acids is 4. The standard InChI is InChI=1S/C24H24N4O5/c1-25-21(30)19-13-27(17-10-4-5-11-18(17)33-19)20(29)14-28-22(31)24(26-23(28)32)12-6-8-15-7-2-3-9-16(15)24/h2-5,7,9-11,19H,6,8,12-14H2,1H3,(H,25,30)(H,26,32). The molecule has 2 aromatic rings. The molecule has 0 saturated carbocycles. The molecule has 0 bridgehead atoms. The van der Waals surface area contributed by atoms with Gasteiger partial charge in [0, 0.05) is 7.05 Å². The van der Waals surface area contributed by atoms with Crippen LogP contribution in [0.25, 0.3) is 0 Å². The van der Waals surface area contributed by atoms with E-state index >= 15 is 0 Å². The summed E-state index contributed by atoms with van der Waals surface area (Å²) in [6, 6.07) is 13.9. The monoisotopic (exact) mass is 448 g/mol. The van der Waals surface area contributed by atoms with Crippen molar-refractivity contribution in [1.29, 1.82) is 0 Å². The molecule has 3 aliphatic rings. The maximum Gasteiger partial charge on any atom is 0.325 e. The average Bonchev–Trinajstić information content (AvgIpc) is 3.07. The summed E-state index contributed by atoms with van der Waals surface area (Å²) in [5.41, 5.74) is 1.18. The number of anilines is 1. The molecule has 5 amide bonds. The lowest BCUT2D eigenvalue weighted by molar-refractivity contribution is -0.135. The van der Waals surface area contributed by atoms with Crippen molar-refractivity contribution in [2.24, 2.45) is 0 Å². The minimum Gasteiger partial charge on any atom is -0.477 e. The fourth-order valence-electron chi connectivity index (χ4n) is 4.94. The lowest BCUT2D eigenvalue weighted by Crippen LogP contribution is -2.53. The van der Waals surface area contributed by atoms with E-state index in [1.54, 1.807) is 24.3 Å². The van der Waals surface area contributed by atoms with Crippen molar-refractivity contribution in [2.45, 2.75) is 30.9 Å². The lowest BCUT2D eigenvalue weighted by Gasteiger charge is -2.35. The second-order valence-corrected chi connectivity index (χ2v) is 8.43. The highest BCUT2D eigenvalue weighted by atomic mass is 16.5. The van der Waals surface area contributed by atoms with Crippen molar-refractivity contribution in [1.82, 2.24) is 15.5 Å². The minimum atomic E-state index is -1.14. The summed E-state index contributed by atoms with van der Waals surface area (Å²) in [5, 5.41) is 5.40. The van der Waals surface area contributed by atoms with Gasteiger partial charge in [-0.05, 0) is 42.5 Å². The molecule has 1 fully saturated rings. The molecule has 2 unspecified atom stereocenters. The molecular formula is C24H24N4O5. The Balaban J connectivity index is 1.42. The largest absolute Gasteiger partial charge is 0.477 e. The van der Waals surface area contributed by atoms with E-state index in [2.05, 4.69) is 10.6 Å². The van der Waals surface area contributed by atoms with Crippen molar-refractivity contribution >= 4 is 29.4 Å². The number of hydrogen-bond donors (Lipinski definition) is 2. The third kappa shape index (κ3) is 3.31. The van der Waals surface area contributed by atoms with E-state index in [9.17, 15) is 19.2 Å². The van der Waals surface area contributed by atoms with Crippen LogP contribution in [0, 0.1) is 0 Å². The molecule has 2 aromatic carbocycles. The third-order valence-corrected chi connectivity index (χ3v) is 6.56. The van der Waals surface area contributed by atoms with Gasteiger partial charge in [-0.2, -0.15) is 0 Å². The number of carbonyl (C=O) groups is 4. The van der Waals surface area contributed by atoms with Crippen molar-refractivity contribution in [3.63, 3.8) is 0 Å². The smallest absolute Gasteiger partial charge is 0.325 e. The molecular weight excluding hydrogens is 424 g/mol. The van der Waals surface area contributed by atoms with Gasteiger partial charge in [0.05, 0.1) is 12.2 Å². The van der Waals surface area contributed by atoms with Crippen LogP contribution in [0.1, 0.15) is 24.0 Å². The number of nitrogens with one attached hydrogen (secondary N) is 2. The molecule has 2 aliphatic heterocycles. The Morgan fingerprint density at radius 1 is 1.15 bits per heavy atom. The van der Waals surface area contributed by atoms with Gasteiger partial charge in [0.25, 0.3) is 11.8 Å². The van der Waals surface area contributed by atoms with Crippen LogP contribution in [0.4, 0.5) is 10.5 Å². The van der Waals surface area contributed by atoms with Crippen LogP contribution in [-0.4, -0.2) is 54.9 Å². The SMILES string of the molecule is CNC(=O)C1CN(C(=O)CN2C(=O)NC3(CCCc4ccccc43)C2=O)c2ccccc2O1. The Hall–Kier alpha value is -3.88. The minimum absolute atomic E-state index is 0.0207. The number of para-hydroxylation sites is 2. The number of likely N-dealkylation sites (N-methyl/N-ethyl adjacent to an activating group) is 1. The summed E-state index contributed by atoms with van der Waals surface area (Å²) in [6.07, 6.45) is 1.19. The molecule has 1 spiro atoms. The van der Waals surface area contributed by atoms with Crippen molar-refractivity contribution < 1.29 is 23.9 Å². The number of nitrogens with zero attached hydrogens (tertiary/aromatic N) is 2. The van der Waals surface area contributed by atoms with Crippen LogP contribution < -0.4 is 20.3 Å². The number of urea groups is 1. The summed E-state index contributed by atoms with van der Waals surface area (Å²) in [5.74, 6) is -0.864. The maximum atomic E-state index is 13.5. The number of aryl methyl sites for hydroxylation is 1. The normalized spacial score (nSPS) is 23.5. The Kier molecular flexibility index (Phi) is 5.03. The zero-order valence-corrected chi connectivity index (χ0v) is 18.2. The summed E-state index contributed by atoms with van der Waals surface area (Å²) < 4.78 is 5.74. The van der Waals surface area contributed by atoms with E-state index in [1.165, 1.54) is 11.9 Å². The molecule has 2 N–H and O–H groups in total. The van der Waals surface area contributed by atoms with E-state index in [4.69, 9.17) is 4.74 Å². The summed E-state index contributed by atoms with van der Waals surface area (Å²) >= 11 is 0. The quantitative estimate of drug-likeness (QED) is 0.689. The fraction of sp³-hybridized carbons (Fsp3) is 0.333. The highest BCUT2D eigenvalue weighted by Gasteiger charge is 2.54. The second kappa shape index (κ2) is 7.91. The van der Waals surface area contributed by atoms with Gasteiger partial charge < -0.3 is 20.3 Å². The summed E-state index contributed by atoms with van der Waals surface area (Å²) in [7, 11) is 1.49. The van der Waals surface area contributed by atoms with E-state index in [0.29, 0.717) is 17.9 Å². The first-order valence-electron chi connectivity index (χ1n) is 10.9. The van der Waals surface area contributed by atoms with E-state index in [-0.39, 0.29) is 12.5 Å². The first kappa shape index (κ1) is 21.0. The predicted octanol–water partition coefficient (Wildman–Crippen LogP) is 1.31. The van der Waals surface area contributed by atoms with Crippen molar-refractivity contribution in [2.75, 3.05) is 25.0 Å². The van der Waals surface area contributed by atoms with Crippen LogP contribution in [0.5, 0.6) is 5.75 Å². The molecule has 33 heavy (non-hydrogen) atoms. The van der Waals surface area contributed by atoms with Crippen LogP contribution in [0.3, 0.4) is 0 Å². The highest BCUT2D eigenvalue weighted by Crippen LogP contribution is 2.40. The van der Waals surface area contributed by atoms with Crippen molar-refractivity contribution in [3.05, 3.63) is 59.7 Å². The molecule has 170 valence electrons. The first-order chi connectivity index (χ1) is 15.9. The first-order valence-corrected chi connectivity index (χ1v) is 10.9. The van der Waals surface area contributed by atoms with Gasteiger partial charge in [0.2, 0.25) is 5.91 Å². The van der Waals surface area contributed by atoms with Gasteiger partial charge in [0.15, 0.2) is 6.10 Å². The van der Waals surface area contributed by atoms with E-state index < -0.39 is 36.0 Å². The molecule has 1 aliphatic carbocycles. The van der Waals surface area contributed by atoms with Crippen molar-refractivity contribution in [3.8, 4) is 5.75 Å². The lowest BCUT2D eigenvalue weighted by atomic mass is 9.76.